The van der Waals surface area contributed by atoms with Crippen LogP contribution in [0, 0.1) is 5.82 Å². The highest BCUT2D eigenvalue weighted by molar-refractivity contribution is 14.0. The second-order valence-corrected chi connectivity index (χ2v) is 6.94. The molecule has 0 bridgehead atoms. The molecular formula is C19H30FIN4O. The molecule has 1 aliphatic heterocycles. The van der Waals surface area contributed by atoms with Gasteiger partial charge in [0.2, 0.25) is 0 Å². The minimum atomic E-state index is -0.937. The summed E-state index contributed by atoms with van der Waals surface area (Å²) in [6, 6.07) is 7.54. The van der Waals surface area contributed by atoms with Gasteiger partial charge in [-0.2, -0.15) is 0 Å². The zero-order valence-corrected chi connectivity index (χ0v) is 17.7. The second kappa shape index (κ2) is 10.4. The van der Waals surface area contributed by atoms with Gasteiger partial charge in [0.1, 0.15) is 11.9 Å². The molecule has 1 heterocycles. The molecule has 2 fully saturated rings. The van der Waals surface area contributed by atoms with Crippen molar-refractivity contribution in [2.75, 3.05) is 26.2 Å². The third kappa shape index (κ3) is 6.06. The van der Waals surface area contributed by atoms with Crippen LogP contribution in [0.25, 0.3) is 0 Å². The van der Waals surface area contributed by atoms with Crippen LogP contribution < -0.4 is 10.6 Å². The highest BCUT2D eigenvalue weighted by atomic mass is 127. The molecule has 1 aromatic carbocycles. The average Bonchev–Trinajstić information content (AvgIpc) is 3.46. The maximum absolute atomic E-state index is 13.7. The van der Waals surface area contributed by atoms with Crippen LogP contribution in [0.4, 0.5) is 4.39 Å². The summed E-state index contributed by atoms with van der Waals surface area (Å²) in [5.41, 5.74) is 0.292. The van der Waals surface area contributed by atoms with Crippen molar-refractivity contribution in [1.82, 2.24) is 15.5 Å². The van der Waals surface area contributed by atoms with Gasteiger partial charge in [-0.15, -0.1) is 24.0 Å². The fourth-order valence-electron chi connectivity index (χ4n) is 3.38. The molecule has 146 valence electrons. The summed E-state index contributed by atoms with van der Waals surface area (Å²) in [5.74, 6) is 0.304. The van der Waals surface area contributed by atoms with Gasteiger partial charge in [0.25, 0.3) is 0 Å². The Bertz CT molecular complexity index is 589. The van der Waals surface area contributed by atoms with Crippen LogP contribution >= 0.6 is 24.0 Å². The molecule has 1 atom stereocenters. The minimum absolute atomic E-state index is 0. The van der Waals surface area contributed by atoms with Crippen LogP contribution in [-0.4, -0.2) is 54.2 Å². The van der Waals surface area contributed by atoms with E-state index in [1.807, 2.05) is 6.92 Å². The van der Waals surface area contributed by atoms with E-state index in [1.54, 1.807) is 18.2 Å². The Morgan fingerprint density at radius 3 is 2.58 bits per heavy atom. The molecule has 1 saturated heterocycles. The topological polar surface area (TPSA) is 59.9 Å². The van der Waals surface area contributed by atoms with E-state index in [-0.39, 0.29) is 30.5 Å². The molecule has 3 rings (SSSR count). The van der Waals surface area contributed by atoms with Gasteiger partial charge in [0.05, 0.1) is 6.54 Å². The summed E-state index contributed by atoms with van der Waals surface area (Å²) in [6.07, 6.45) is 3.99. The van der Waals surface area contributed by atoms with Crippen LogP contribution in [0.3, 0.4) is 0 Å². The SMILES string of the molecule is CCNC(=NCC(O)c1ccccc1F)NC1CCN(C2CC2)CC1.I. The van der Waals surface area contributed by atoms with Gasteiger partial charge in [0, 0.05) is 37.3 Å². The lowest BCUT2D eigenvalue weighted by Crippen LogP contribution is -2.49. The van der Waals surface area contributed by atoms with Crippen LogP contribution in [0.1, 0.15) is 44.3 Å². The van der Waals surface area contributed by atoms with Gasteiger partial charge in [-0.05, 0) is 38.7 Å². The van der Waals surface area contributed by atoms with Crippen LogP contribution in [0.5, 0.6) is 0 Å². The molecule has 5 nitrogen and oxygen atoms in total. The van der Waals surface area contributed by atoms with Crippen LogP contribution in [0.2, 0.25) is 0 Å². The molecule has 0 spiro atoms. The first kappa shape index (κ1) is 21.4. The summed E-state index contributed by atoms with van der Waals surface area (Å²) >= 11 is 0. The Morgan fingerprint density at radius 1 is 1.27 bits per heavy atom. The molecule has 26 heavy (non-hydrogen) atoms. The fraction of sp³-hybridized carbons (Fsp3) is 0.632. The third-order valence-corrected chi connectivity index (χ3v) is 4.96. The average molecular weight is 476 g/mol. The van der Waals surface area contributed by atoms with Gasteiger partial charge in [0.15, 0.2) is 5.96 Å². The van der Waals surface area contributed by atoms with Crippen LogP contribution in [-0.2, 0) is 0 Å². The number of piperidine rings is 1. The van der Waals surface area contributed by atoms with Gasteiger partial charge >= 0.3 is 0 Å². The predicted molar refractivity (Wildman–Crippen MR) is 114 cm³/mol. The largest absolute Gasteiger partial charge is 0.386 e. The molecule has 7 heteroatoms. The Hall–Kier alpha value is -0.930. The van der Waals surface area contributed by atoms with Crippen molar-refractivity contribution in [2.45, 2.75) is 50.8 Å². The second-order valence-electron chi connectivity index (χ2n) is 6.94. The fourth-order valence-corrected chi connectivity index (χ4v) is 3.38. The van der Waals surface area contributed by atoms with E-state index in [4.69, 9.17) is 0 Å². The van der Waals surface area contributed by atoms with E-state index in [1.165, 1.54) is 18.9 Å². The van der Waals surface area contributed by atoms with Crippen molar-refractivity contribution in [2.24, 2.45) is 4.99 Å². The van der Waals surface area contributed by atoms with E-state index in [2.05, 4.69) is 20.5 Å². The molecule has 0 aromatic heterocycles. The van der Waals surface area contributed by atoms with Crippen molar-refractivity contribution in [3.63, 3.8) is 0 Å². The first-order chi connectivity index (χ1) is 12.2. The maximum atomic E-state index is 13.7. The molecule has 1 saturated carbocycles. The lowest BCUT2D eigenvalue weighted by molar-refractivity contribution is 0.181. The number of halogens is 2. The number of benzene rings is 1. The van der Waals surface area contributed by atoms with Gasteiger partial charge < -0.3 is 20.6 Å². The molecule has 1 aliphatic carbocycles. The number of hydrogen-bond acceptors (Lipinski definition) is 3. The summed E-state index contributed by atoms with van der Waals surface area (Å²) in [4.78, 5) is 7.04. The summed E-state index contributed by atoms with van der Waals surface area (Å²) < 4.78 is 13.7. The van der Waals surface area contributed by atoms with Crippen molar-refractivity contribution in [3.05, 3.63) is 35.6 Å². The molecule has 3 N–H and O–H groups in total. The number of nitrogens with one attached hydrogen (secondary N) is 2. The Kier molecular flexibility index (Phi) is 8.56. The lowest BCUT2D eigenvalue weighted by Gasteiger charge is -2.33. The lowest BCUT2D eigenvalue weighted by atomic mass is 10.1. The van der Waals surface area contributed by atoms with Gasteiger partial charge in [-0.3, -0.25) is 4.99 Å². The molecular weight excluding hydrogens is 446 g/mol. The van der Waals surface area contributed by atoms with Crippen molar-refractivity contribution in [1.29, 1.82) is 0 Å². The first-order valence-corrected chi connectivity index (χ1v) is 9.38. The van der Waals surface area contributed by atoms with Crippen molar-refractivity contribution >= 4 is 29.9 Å². The number of likely N-dealkylation sites (tertiary alicyclic amines) is 1. The number of rotatable bonds is 6. The summed E-state index contributed by atoms with van der Waals surface area (Å²) in [6.45, 7) is 5.18. The van der Waals surface area contributed by atoms with Crippen molar-refractivity contribution < 1.29 is 9.50 Å². The number of hydrogen-bond donors (Lipinski definition) is 3. The predicted octanol–water partition coefficient (Wildman–Crippen LogP) is 2.66. The number of guanidine groups is 1. The highest BCUT2D eigenvalue weighted by Gasteiger charge is 2.31. The molecule has 1 aromatic rings. The molecule has 0 radical (unpaired) electrons. The Labute approximate surface area is 172 Å². The number of nitrogens with zero attached hydrogens (tertiary/aromatic N) is 2. The number of aliphatic imine (C=N–C) groups is 1. The van der Waals surface area contributed by atoms with E-state index >= 15 is 0 Å². The summed E-state index contributed by atoms with van der Waals surface area (Å²) in [7, 11) is 0. The van der Waals surface area contributed by atoms with Gasteiger partial charge in [-0.25, -0.2) is 4.39 Å². The standard InChI is InChI=1S/C19H29FN4O.HI/c1-2-21-19(22-13-18(25)16-5-3-4-6-17(16)20)23-14-9-11-24(12-10-14)15-7-8-15;/h3-6,14-15,18,25H,2,7-13H2,1H3,(H2,21,22,23);1H. The first-order valence-electron chi connectivity index (χ1n) is 9.38. The highest BCUT2D eigenvalue weighted by Crippen LogP contribution is 2.29. The minimum Gasteiger partial charge on any atom is -0.386 e. The molecule has 1 unspecified atom stereocenters. The van der Waals surface area contributed by atoms with E-state index in [9.17, 15) is 9.50 Å². The zero-order chi connectivity index (χ0) is 17.6. The smallest absolute Gasteiger partial charge is 0.191 e. The van der Waals surface area contributed by atoms with E-state index in [0.29, 0.717) is 17.6 Å². The van der Waals surface area contributed by atoms with Crippen molar-refractivity contribution in [3.8, 4) is 0 Å². The normalized spacial score (nSPS) is 20.3. The monoisotopic (exact) mass is 476 g/mol. The van der Waals surface area contributed by atoms with E-state index < -0.39 is 11.9 Å². The quantitative estimate of drug-likeness (QED) is 0.336. The zero-order valence-electron chi connectivity index (χ0n) is 15.3. The number of aliphatic hydroxyl groups is 1. The third-order valence-electron chi connectivity index (χ3n) is 4.96. The Balaban J connectivity index is 0.00000243. The van der Waals surface area contributed by atoms with E-state index in [0.717, 1.165) is 38.5 Å². The Morgan fingerprint density at radius 2 is 1.96 bits per heavy atom. The summed E-state index contributed by atoms with van der Waals surface area (Å²) in [5, 5.41) is 16.9. The van der Waals surface area contributed by atoms with Crippen LogP contribution in [0.15, 0.2) is 29.3 Å². The van der Waals surface area contributed by atoms with Gasteiger partial charge in [-0.1, -0.05) is 18.2 Å². The number of aliphatic hydroxyl groups excluding tert-OH is 1. The maximum Gasteiger partial charge on any atom is 0.191 e. The molecule has 2 aliphatic rings. The molecule has 0 amide bonds.